The fourth-order valence-corrected chi connectivity index (χ4v) is 2.41. The van der Waals surface area contributed by atoms with Crippen molar-refractivity contribution in [3.05, 3.63) is 47.2 Å². The molecule has 1 aliphatic rings. The molecular weight excluding hydrogens is 337 g/mol. The lowest BCUT2D eigenvalue weighted by molar-refractivity contribution is -0.122. The van der Waals surface area contributed by atoms with E-state index < -0.39 is 11.9 Å². The first kappa shape index (κ1) is 16.4. The number of rotatable bonds is 5. The number of carbonyl (C=O) groups excluding carboxylic acids is 1. The molecule has 0 aliphatic carbocycles. The van der Waals surface area contributed by atoms with Crippen LogP contribution in [0.1, 0.15) is 13.3 Å². The Kier molecular flexibility index (Phi) is 4.76. The number of nitrogens with one attached hydrogen (secondary N) is 1. The molecule has 0 spiro atoms. The maximum Gasteiger partial charge on any atom is 0.265 e. The van der Waals surface area contributed by atoms with Crippen molar-refractivity contribution in [3.63, 3.8) is 0 Å². The van der Waals surface area contributed by atoms with Crippen molar-refractivity contribution in [2.45, 2.75) is 19.4 Å². The molecule has 2 aromatic carbocycles. The van der Waals surface area contributed by atoms with E-state index >= 15 is 0 Å². The molecule has 1 aliphatic heterocycles. The van der Waals surface area contributed by atoms with Gasteiger partial charge in [0.15, 0.2) is 17.6 Å². The van der Waals surface area contributed by atoms with Crippen LogP contribution in [-0.2, 0) is 4.79 Å². The lowest BCUT2D eigenvalue weighted by atomic mass is 10.2. The minimum absolute atomic E-state index is 0.0578. The predicted octanol–water partition coefficient (Wildman–Crippen LogP) is 4.00. The first-order valence-corrected chi connectivity index (χ1v) is 7.77. The van der Waals surface area contributed by atoms with Crippen molar-refractivity contribution in [3.8, 4) is 17.2 Å². The molecule has 0 saturated heterocycles. The number of benzene rings is 2. The predicted molar refractivity (Wildman–Crippen MR) is 87.3 cm³/mol. The van der Waals surface area contributed by atoms with Crippen molar-refractivity contribution < 1.29 is 23.4 Å². The van der Waals surface area contributed by atoms with E-state index in [9.17, 15) is 9.18 Å². The second-order valence-electron chi connectivity index (χ2n) is 5.15. The highest BCUT2D eigenvalue weighted by Gasteiger charge is 2.21. The minimum atomic E-state index is -0.714. The highest BCUT2D eigenvalue weighted by molar-refractivity contribution is 6.31. The van der Waals surface area contributed by atoms with Gasteiger partial charge in [0.1, 0.15) is 11.6 Å². The van der Waals surface area contributed by atoms with Crippen LogP contribution in [-0.4, -0.2) is 18.8 Å². The number of anilines is 1. The Labute approximate surface area is 143 Å². The molecule has 0 aromatic heterocycles. The summed E-state index contributed by atoms with van der Waals surface area (Å²) in [5.74, 6) is 0.823. The fraction of sp³-hybridized carbons (Fsp3) is 0.235. The number of hydrogen-bond acceptors (Lipinski definition) is 4. The second-order valence-corrected chi connectivity index (χ2v) is 5.56. The molecule has 0 saturated carbocycles. The summed E-state index contributed by atoms with van der Waals surface area (Å²) in [6.45, 7) is 2.00. The molecule has 2 aromatic rings. The maximum atomic E-state index is 13.2. The van der Waals surface area contributed by atoms with E-state index in [4.69, 9.17) is 25.8 Å². The molecule has 3 rings (SSSR count). The van der Waals surface area contributed by atoms with Crippen LogP contribution in [0.25, 0.3) is 0 Å². The monoisotopic (exact) mass is 351 g/mol. The average Bonchev–Trinajstić information content (AvgIpc) is 3.03. The number of amides is 1. The molecule has 0 radical (unpaired) electrons. The Balaban J connectivity index is 1.68. The molecule has 0 fully saturated rings. The Morgan fingerprint density at radius 1 is 1.29 bits per heavy atom. The highest BCUT2D eigenvalue weighted by Crippen LogP contribution is 2.35. The van der Waals surface area contributed by atoms with Crippen molar-refractivity contribution in [2.24, 2.45) is 0 Å². The number of hydrogen-bond donors (Lipinski definition) is 1. The van der Waals surface area contributed by atoms with Crippen LogP contribution in [0.4, 0.5) is 10.1 Å². The van der Waals surface area contributed by atoms with Gasteiger partial charge in [0, 0.05) is 11.8 Å². The summed E-state index contributed by atoms with van der Waals surface area (Å²) in [4.78, 5) is 12.3. The van der Waals surface area contributed by atoms with Crippen LogP contribution in [0.2, 0.25) is 5.02 Å². The summed E-state index contributed by atoms with van der Waals surface area (Å²) in [5, 5.41) is 2.60. The Morgan fingerprint density at radius 2 is 2.08 bits per heavy atom. The van der Waals surface area contributed by atoms with Crippen LogP contribution >= 0.6 is 11.6 Å². The number of halogens is 2. The van der Waals surface area contributed by atoms with Crippen LogP contribution < -0.4 is 19.5 Å². The van der Waals surface area contributed by atoms with E-state index in [0.29, 0.717) is 29.4 Å². The highest BCUT2D eigenvalue weighted by atomic mass is 35.5. The topological polar surface area (TPSA) is 56.8 Å². The SMILES string of the molecule is CCC(Oc1ccc2c(c1)OCO2)C(=O)Nc1ccc(F)c(Cl)c1. The van der Waals surface area contributed by atoms with Gasteiger partial charge in [0.05, 0.1) is 5.02 Å². The van der Waals surface area contributed by atoms with Gasteiger partial charge in [-0.1, -0.05) is 18.5 Å². The number of fused-ring (bicyclic) bond motifs is 1. The van der Waals surface area contributed by atoms with Crippen molar-refractivity contribution in [2.75, 3.05) is 12.1 Å². The third-order valence-electron chi connectivity index (χ3n) is 3.47. The molecule has 1 amide bonds. The molecule has 1 atom stereocenters. The van der Waals surface area contributed by atoms with Crippen molar-refractivity contribution in [1.29, 1.82) is 0 Å². The van der Waals surface area contributed by atoms with Gasteiger partial charge in [-0.2, -0.15) is 0 Å². The third-order valence-corrected chi connectivity index (χ3v) is 3.76. The van der Waals surface area contributed by atoms with Gasteiger partial charge >= 0.3 is 0 Å². The first-order chi connectivity index (χ1) is 11.6. The van der Waals surface area contributed by atoms with E-state index in [0.717, 1.165) is 0 Å². The van der Waals surface area contributed by atoms with E-state index in [2.05, 4.69) is 5.32 Å². The van der Waals surface area contributed by atoms with Crippen LogP contribution in [0.3, 0.4) is 0 Å². The number of carbonyl (C=O) groups is 1. The average molecular weight is 352 g/mol. The normalized spacial score (nSPS) is 13.5. The molecule has 126 valence electrons. The Bertz CT molecular complexity index is 768. The summed E-state index contributed by atoms with van der Waals surface area (Å²) < 4.78 is 29.4. The summed E-state index contributed by atoms with van der Waals surface area (Å²) in [7, 11) is 0. The smallest absolute Gasteiger partial charge is 0.265 e. The zero-order valence-corrected chi connectivity index (χ0v) is 13.6. The lowest BCUT2D eigenvalue weighted by Gasteiger charge is -2.17. The Hall–Kier alpha value is -2.47. The molecule has 1 N–H and O–H groups in total. The number of ether oxygens (including phenoxy) is 3. The van der Waals surface area contributed by atoms with Gasteiger partial charge in [-0.05, 0) is 36.8 Å². The summed E-state index contributed by atoms with van der Waals surface area (Å²) in [6.07, 6.45) is -0.260. The Morgan fingerprint density at radius 3 is 2.83 bits per heavy atom. The van der Waals surface area contributed by atoms with E-state index in [1.54, 1.807) is 18.2 Å². The van der Waals surface area contributed by atoms with E-state index in [1.807, 2.05) is 6.92 Å². The summed E-state index contributed by atoms with van der Waals surface area (Å²) in [5.41, 5.74) is 0.402. The van der Waals surface area contributed by atoms with Crippen molar-refractivity contribution in [1.82, 2.24) is 0 Å². The molecule has 24 heavy (non-hydrogen) atoms. The van der Waals surface area contributed by atoms with Gasteiger partial charge in [-0.3, -0.25) is 4.79 Å². The second kappa shape index (κ2) is 6.97. The molecule has 1 heterocycles. The van der Waals surface area contributed by atoms with E-state index in [1.165, 1.54) is 18.2 Å². The largest absolute Gasteiger partial charge is 0.480 e. The minimum Gasteiger partial charge on any atom is -0.480 e. The summed E-state index contributed by atoms with van der Waals surface area (Å²) in [6, 6.07) is 9.08. The van der Waals surface area contributed by atoms with Crippen LogP contribution in [0.15, 0.2) is 36.4 Å². The molecule has 5 nitrogen and oxygen atoms in total. The third kappa shape index (κ3) is 3.54. The van der Waals surface area contributed by atoms with Gasteiger partial charge in [-0.15, -0.1) is 0 Å². The van der Waals surface area contributed by atoms with Gasteiger partial charge in [-0.25, -0.2) is 4.39 Å². The van der Waals surface area contributed by atoms with Gasteiger partial charge in [0.25, 0.3) is 5.91 Å². The molecule has 7 heteroatoms. The fourth-order valence-electron chi connectivity index (χ4n) is 2.23. The van der Waals surface area contributed by atoms with Crippen LogP contribution in [0, 0.1) is 5.82 Å². The molecular formula is C17H15ClFNO4. The zero-order chi connectivity index (χ0) is 17.1. The maximum absolute atomic E-state index is 13.2. The van der Waals surface area contributed by atoms with E-state index in [-0.39, 0.29) is 17.7 Å². The molecule has 0 bridgehead atoms. The quantitative estimate of drug-likeness (QED) is 0.884. The molecule has 1 unspecified atom stereocenters. The van der Waals surface area contributed by atoms with Crippen LogP contribution in [0.5, 0.6) is 17.2 Å². The van der Waals surface area contributed by atoms with Crippen molar-refractivity contribution >= 4 is 23.2 Å². The standard InChI is InChI=1S/C17H15ClFNO4/c1-2-14(17(21)20-10-3-5-13(19)12(18)7-10)24-11-4-6-15-16(8-11)23-9-22-15/h3-8,14H,2,9H2,1H3,(H,20,21). The zero-order valence-electron chi connectivity index (χ0n) is 12.8. The van der Waals surface area contributed by atoms with Gasteiger partial charge in [0.2, 0.25) is 6.79 Å². The summed E-state index contributed by atoms with van der Waals surface area (Å²) >= 11 is 5.71. The van der Waals surface area contributed by atoms with Gasteiger partial charge < -0.3 is 19.5 Å². The first-order valence-electron chi connectivity index (χ1n) is 7.39. The lowest BCUT2D eigenvalue weighted by Crippen LogP contribution is -2.32.